The number of aromatic carboxylic acids is 1. The van der Waals surface area contributed by atoms with Crippen molar-refractivity contribution in [2.75, 3.05) is 29.5 Å². The lowest BCUT2D eigenvalue weighted by molar-refractivity contribution is 0.0696. The Balaban J connectivity index is 2.29. The minimum absolute atomic E-state index is 0.0907. The number of rotatable bonds is 3. The summed E-state index contributed by atoms with van der Waals surface area (Å²) in [4.78, 5) is 17.3. The predicted molar refractivity (Wildman–Crippen MR) is 71.4 cm³/mol. The van der Waals surface area contributed by atoms with Gasteiger partial charge in [-0.05, 0) is 18.6 Å². The van der Waals surface area contributed by atoms with Gasteiger partial charge in [0.15, 0.2) is 9.84 Å². The van der Waals surface area contributed by atoms with Gasteiger partial charge in [-0.3, -0.25) is 0 Å². The third-order valence-electron chi connectivity index (χ3n) is 3.14. The molecule has 6 nitrogen and oxygen atoms in total. The Kier molecular flexibility index (Phi) is 3.75. The molecule has 1 aromatic heterocycles. The maximum Gasteiger partial charge on any atom is 0.335 e. The lowest BCUT2D eigenvalue weighted by Crippen LogP contribution is -2.40. The van der Waals surface area contributed by atoms with Gasteiger partial charge >= 0.3 is 5.97 Å². The van der Waals surface area contributed by atoms with Gasteiger partial charge in [0.05, 0.1) is 17.1 Å². The monoisotopic (exact) mass is 284 g/mol. The fourth-order valence-corrected chi connectivity index (χ4v) is 3.18. The number of nitrogens with zero attached hydrogens (tertiary/aromatic N) is 2. The van der Waals surface area contributed by atoms with Crippen LogP contribution in [-0.2, 0) is 16.3 Å². The number of carbonyl (C=O) groups is 1. The molecule has 104 valence electrons. The molecule has 1 fully saturated rings. The first kappa shape index (κ1) is 13.8. The van der Waals surface area contributed by atoms with E-state index in [9.17, 15) is 13.2 Å². The normalized spacial score (nSPS) is 18.3. The minimum atomic E-state index is -2.95. The van der Waals surface area contributed by atoms with E-state index in [1.165, 1.54) is 6.07 Å². The van der Waals surface area contributed by atoms with E-state index in [0.29, 0.717) is 31.0 Å². The van der Waals surface area contributed by atoms with Crippen molar-refractivity contribution in [1.82, 2.24) is 4.98 Å². The predicted octanol–water partition coefficient (Wildman–Crippen LogP) is 0.577. The van der Waals surface area contributed by atoms with Crippen molar-refractivity contribution in [3.05, 3.63) is 23.4 Å². The summed E-state index contributed by atoms with van der Waals surface area (Å²) in [6.45, 7) is 2.63. The van der Waals surface area contributed by atoms with Crippen LogP contribution in [0.3, 0.4) is 0 Å². The van der Waals surface area contributed by atoms with E-state index in [0.717, 1.165) is 0 Å². The van der Waals surface area contributed by atoms with E-state index >= 15 is 0 Å². The average molecular weight is 284 g/mol. The summed E-state index contributed by atoms with van der Waals surface area (Å²) in [5.41, 5.74) is 0.888. The van der Waals surface area contributed by atoms with Gasteiger partial charge < -0.3 is 10.0 Å². The van der Waals surface area contributed by atoms with Crippen LogP contribution in [0.25, 0.3) is 0 Å². The van der Waals surface area contributed by atoms with Crippen LogP contribution in [0.4, 0.5) is 5.82 Å². The highest BCUT2D eigenvalue weighted by atomic mass is 32.2. The van der Waals surface area contributed by atoms with Gasteiger partial charge in [0.2, 0.25) is 0 Å². The van der Waals surface area contributed by atoms with Crippen LogP contribution in [0.1, 0.15) is 23.0 Å². The van der Waals surface area contributed by atoms with E-state index in [1.54, 1.807) is 6.07 Å². The summed E-state index contributed by atoms with van der Waals surface area (Å²) in [7, 11) is -2.95. The van der Waals surface area contributed by atoms with Crippen molar-refractivity contribution >= 4 is 21.6 Å². The van der Waals surface area contributed by atoms with Crippen LogP contribution >= 0.6 is 0 Å². The molecule has 2 heterocycles. The second-order valence-electron chi connectivity index (χ2n) is 4.50. The molecule has 0 amide bonds. The topological polar surface area (TPSA) is 87.6 Å². The largest absolute Gasteiger partial charge is 0.478 e. The number of aryl methyl sites for hydroxylation is 1. The summed E-state index contributed by atoms with van der Waals surface area (Å²) >= 11 is 0. The van der Waals surface area contributed by atoms with Crippen LogP contribution in [0, 0.1) is 0 Å². The van der Waals surface area contributed by atoms with Crippen LogP contribution < -0.4 is 4.90 Å². The first-order chi connectivity index (χ1) is 8.91. The van der Waals surface area contributed by atoms with Gasteiger partial charge in [-0.1, -0.05) is 6.92 Å². The highest BCUT2D eigenvalue weighted by Crippen LogP contribution is 2.18. The lowest BCUT2D eigenvalue weighted by atomic mass is 10.2. The summed E-state index contributed by atoms with van der Waals surface area (Å²) in [5.74, 6) is -0.268. The number of anilines is 1. The summed E-state index contributed by atoms with van der Waals surface area (Å²) in [6, 6.07) is 3.05. The fourth-order valence-electron chi connectivity index (χ4n) is 1.98. The Hall–Kier alpha value is -1.63. The van der Waals surface area contributed by atoms with Crippen LogP contribution in [-0.4, -0.2) is 49.1 Å². The molecule has 0 aromatic carbocycles. The second-order valence-corrected chi connectivity index (χ2v) is 6.81. The van der Waals surface area contributed by atoms with Crippen molar-refractivity contribution in [1.29, 1.82) is 0 Å². The lowest BCUT2D eigenvalue weighted by Gasteiger charge is -2.28. The van der Waals surface area contributed by atoms with E-state index in [2.05, 4.69) is 4.98 Å². The molecule has 1 saturated heterocycles. The van der Waals surface area contributed by atoms with Gasteiger partial charge in [-0.2, -0.15) is 0 Å². The SMILES string of the molecule is CCc1cc(C(=O)O)cc(N2CCS(=O)(=O)CC2)n1. The van der Waals surface area contributed by atoms with Crippen molar-refractivity contribution in [3.8, 4) is 0 Å². The molecule has 1 N–H and O–H groups in total. The molecular weight excluding hydrogens is 268 g/mol. The number of hydrogen-bond acceptors (Lipinski definition) is 5. The first-order valence-corrected chi connectivity index (χ1v) is 7.93. The highest BCUT2D eigenvalue weighted by Gasteiger charge is 2.23. The van der Waals surface area contributed by atoms with Gasteiger partial charge in [-0.25, -0.2) is 18.2 Å². The number of aromatic nitrogens is 1. The zero-order chi connectivity index (χ0) is 14.0. The average Bonchev–Trinajstić information content (AvgIpc) is 2.38. The van der Waals surface area contributed by atoms with E-state index in [1.807, 2.05) is 11.8 Å². The minimum Gasteiger partial charge on any atom is -0.478 e. The smallest absolute Gasteiger partial charge is 0.335 e. The van der Waals surface area contributed by atoms with Crippen LogP contribution in [0.2, 0.25) is 0 Å². The third kappa shape index (κ3) is 3.23. The summed E-state index contributed by atoms with van der Waals surface area (Å²) < 4.78 is 22.8. The van der Waals surface area contributed by atoms with Crippen molar-refractivity contribution in [2.24, 2.45) is 0 Å². The number of carboxylic acids is 1. The number of pyridine rings is 1. The molecule has 0 bridgehead atoms. The van der Waals surface area contributed by atoms with Crippen LogP contribution in [0.15, 0.2) is 12.1 Å². The zero-order valence-corrected chi connectivity index (χ0v) is 11.5. The van der Waals surface area contributed by atoms with E-state index in [4.69, 9.17) is 5.11 Å². The Bertz CT molecular complexity index is 584. The molecule has 0 radical (unpaired) electrons. The molecule has 1 aliphatic rings. The molecule has 1 aromatic rings. The van der Waals surface area contributed by atoms with Crippen molar-refractivity contribution in [2.45, 2.75) is 13.3 Å². The molecule has 0 unspecified atom stereocenters. The molecule has 2 rings (SSSR count). The van der Waals surface area contributed by atoms with Gasteiger partial charge in [0.1, 0.15) is 5.82 Å². The van der Waals surface area contributed by atoms with Crippen molar-refractivity contribution < 1.29 is 18.3 Å². The summed E-state index contributed by atoms with van der Waals surface area (Å²) in [6.07, 6.45) is 0.639. The Labute approximate surface area is 112 Å². The fraction of sp³-hybridized carbons (Fsp3) is 0.500. The Morgan fingerprint density at radius 1 is 1.37 bits per heavy atom. The quantitative estimate of drug-likeness (QED) is 0.873. The molecule has 1 aliphatic heterocycles. The standard InChI is InChI=1S/C12H16N2O4S/c1-2-10-7-9(12(15)16)8-11(13-10)14-3-5-19(17,18)6-4-14/h7-8H,2-6H2,1H3,(H,15,16). The number of sulfone groups is 1. The van der Waals surface area contributed by atoms with Crippen molar-refractivity contribution in [3.63, 3.8) is 0 Å². The second kappa shape index (κ2) is 5.16. The molecule has 0 spiro atoms. The molecule has 0 atom stereocenters. The molecule has 19 heavy (non-hydrogen) atoms. The third-order valence-corrected chi connectivity index (χ3v) is 4.75. The number of hydrogen-bond donors (Lipinski definition) is 1. The maximum absolute atomic E-state index is 11.4. The Morgan fingerprint density at radius 3 is 2.53 bits per heavy atom. The molecule has 0 aliphatic carbocycles. The van der Waals surface area contributed by atoms with Gasteiger partial charge in [0, 0.05) is 18.8 Å². The molecule has 7 heteroatoms. The van der Waals surface area contributed by atoms with Gasteiger partial charge in [-0.15, -0.1) is 0 Å². The molecule has 0 saturated carbocycles. The Morgan fingerprint density at radius 2 is 2.00 bits per heavy atom. The number of carboxylic acid groups (broad SMARTS) is 1. The zero-order valence-electron chi connectivity index (χ0n) is 10.7. The van der Waals surface area contributed by atoms with Gasteiger partial charge in [0.25, 0.3) is 0 Å². The maximum atomic E-state index is 11.4. The molecular formula is C12H16N2O4S. The van der Waals surface area contributed by atoms with E-state index in [-0.39, 0.29) is 17.1 Å². The first-order valence-electron chi connectivity index (χ1n) is 6.11. The van der Waals surface area contributed by atoms with Crippen LogP contribution in [0.5, 0.6) is 0 Å². The van der Waals surface area contributed by atoms with E-state index < -0.39 is 15.8 Å². The summed E-state index contributed by atoms with van der Waals surface area (Å²) in [5, 5.41) is 9.07. The highest BCUT2D eigenvalue weighted by molar-refractivity contribution is 7.91.